The van der Waals surface area contributed by atoms with Crippen LogP contribution in [-0.4, -0.2) is 7.05 Å². The van der Waals surface area contributed by atoms with Crippen LogP contribution in [0.4, 0.5) is 5.69 Å². The van der Waals surface area contributed by atoms with Gasteiger partial charge in [-0.25, -0.2) is 0 Å². The van der Waals surface area contributed by atoms with E-state index in [4.69, 9.17) is 0 Å². The lowest BCUT2D eigenvalue weighted by molar-refractivity contribution is 0.896. The molecule has 1 aliphatic rings. The van der Waals surface area contributed by atoms with Crippen molar-refractivity contribution >= 4 is 5.69 Å². The molecule has 0 aromatic heterocycles. The van der Waals surface area contributed by atoms with Gasteiger partial charge in [0.2, 0.25) is 0 Å². The zero-order chi connectivity index (χ0) is 9.80. The van der Waals surface area contributed by atoms with Gasteiger partial charge in [0.1, 0.15) is 0 Å². The van der Waals surface area contributed by atoms with E-state index in [-0.39, 0.29) is 0 Å². The highest BCUT2D eigenvalue weighted by Crippen LogP contribution is 2.21. The minimum Gasteiger partial charge on any atom is -0.348 e. The van der Waals surface area contributed by atoms with E-state index in [9.17, 15) is 0 Å². The minimum atomic E-state index is 1.14. The summed E-state index contributed by atoms with van der Waals surface area (Å²) in [7, 11) is 2.13. The molecule has 0 fully saturated rings. The van der Waals surface area contributed by atoms with Gasteiger partial charge in [-0.2, -0.15) is 0 Å². The predicted octanol–water partition coefficient (Wildman–Crippen LogP) is 3.36. The van der Waals surface area contributed by atoms with Crippen molar-refractivity contribution < 1.29 is 0 Å². The zero-order valence-corrected chi connectivity index (χ0v) is 8.48. The van der Waals surface area contributed by atoms with Crippen LogP contribution in [0.25, 0.3) is 0 Å². The van der Waals surface area contributed by atoms with Crippen LogP contribution >= 0.6 is 0 Å². The summed E-state index contributed by atoms with van der Waals surface area (Å²) in [5.41, 5.74) is 2.65. The molecule has 2 rings (SSSR count). The first kappa shape index (κ1) is 9.07. The Morgan fingerprint density at radius 2 is 1.93 bits per heavy atom. The summed E-state index contributed by atoms with van der Waals surface area (Å²) in [6, 6.07) is 10.5. The largest absolute Gasteiger partial charge is 0.348 e. The van der Waals surface area contributed by atoms with Crippen LogP contribution < -0.4 is 4.90 Å². The molecule has 1 aromatic carbocycles. The number of allylic oxidation sites excluding steroid dienone is 4. The highest BCUT2D eigenvalue weighted by Gasteiger charge is 2.06. The molecule has 1 nitrogen and oxygen atoms in total. The summed E-state index contributed by atoms with van der Waals surface area (Å²) in [6.07, 6.45) is 8.84. The molecule has 0 N–H and O–H groups in total. The Labute approximate surface area is 85.4 Å². The standard InChI is InChI=1S/C13H15N/c1-14(12-8-4-2-5-9-12)13-10-6-3-7-11-13/h2-6,8-10H,7,11H2,1H3. The topological polar surface area (TPSA) is 3.24 Å². The lowest BCUT2D eigenvalue weighted by atomic mass is 10.1. The van der Waals surface area contributed by atoms with E-state index in [2.05, 4.69) is 54.4 Å². The maximum atomic E-state index is 2.25. The Hall–Kier alpha value is -1.50. The Morgan fingerprint density at radius 1 is 1.14 bits per heavy atom. The number of rotatable bonds is 2. The summed E-state index contributed by atoms with van der Waals surface area (Å²) < 4.78 is 0. The predicted molar refractivity (Wildman–Crippen MR) is 61.3 cm³/mol. The summed E-state index contributed by atoms with van der Waals surface area (Å²) in [5.74, 6) is 0. The van der Waals surface area contributed by atoms with E-state index in [1.807, 2.05) is 6.07 Å². The van der Waals surface area contributed by atoms with Gasteiger partial charge in [-0.1, -0.05) is 30.4 Å². The molecule has 0 aliphatic heterocycles. The Kier molecular flexibility index (Phi) is 2.68. The molecule has 0 radical (unpaired) electrons. The summed E-state index contributed by atoms with van der Waals surface area (Å²) in [5, 5.41) is 0. The van der Waals surface area contributed by atoms with Crippen molar-refractivity contribution in [3.05, 3.63) is 54.3 Å². The number of anilines is 1. The summed E-state index contributed by atoms with van der Waals surface area (Å²) >= 11 is 0. The van der Waals surface area contributed by atoms with E-state index >= 15 is 0 Å². The third-order valence-electron chi connectivity index (χ3n) is 2.57. The van der Waals surface area contributed by atoms with E-state index in [1.165, 1.54) is 11.4 Å². The second-order valence-corrected chi connectivity index (χ2v) is 3.52. The normalized spacial score (nSPS) is 15.1. The zero-order valence-electron chi connectivity index (χ0n) is 8.48. The third kappa shape index (κ3) is 1.87. The first-order chi connectivity index (χ1) is 6.88. The third-order valence-corrected chi connectivity index (χ3v) is 2.57. The van der Waals surface area contributed by atoms with Crippen LogP contribution in [0.2, 0.25) is 0 Å². The van der Waals surface area contributed by atoms with E-state index in [0.717, 1.165) is 12.8 Å². The number of hydrogen-bond donors (Lipinski definition) is 0. The fraction of sp³-hybridized carbons (Fsp3) is 0.231. The molecule has 0 spiro atoms. The number of para-hydroxylation sites is 1. The van der Waals surface area contributed by atoms with Crippen molar-refractivity contribution in [2.75, 3.05) is 11.9 Å². The van der Waals surface area contributed by atoms with Gasteiger partial charge < -0.3 is 4.90 Å². The van der Waals surface area contributed by atoms with Gasteiger partial charge in [-0.05, 0) is 31.1 Å². The van der Waals surface area contributed by atoms with E-state index in [0.29, 0.717) is 0 Å². The number of hydrogen-bond acceptors (Lipinski definition) is 1. The molecule has 1 aromatic rings. The molecule has 0 saturated carbocycles. The second kappa shape index (κ2) is 4.14. The van der Waals surface area contributed by atoms with Crippen LogP contribution in [0.15, 0.2) is 54.3 Å². The fourth-order valence-electron chi connectivity index (χ4n) is 1.69. The SMILES string of the molecule is CN(C1=CC=CCC1)c1ccccc1. The average Bonchev–Trinajstić information content (AvgIpc) is 2.30. The second-order valence-electron chi connectivity index (χ2n) is 3.52. The highest BCUT2D eigenvalue weighted by molar-refractivity contribution is 5.51. The molecule has 0 atom stereocenters. The van der Waals surface area contributed by atoms with Crippen molar-refractivity contribution in [3.63, 3.8) is 0 Å². The maximum absolute atomic E-state index is 2.25. The van der Waals surface area contributed by atoms with E-state index in [1.54, 1.807) is 0 Å². The average molecular weight is 185 g/mol. The quantitative estimate of drug-likeness (QED) is 0.683. The van der Waals surface area contributed by atoms with Crippen LogP contribution in [0.5, 0.6) is 0 Å². The van der Waals surface area contributed by atoms with Crippen LogP contribution in [-0.2, 0) is 0 Å². The Bertz CT molecular complexity index is 349. The fourth-order valence-corrected chi connectivity index (χ4v) is 1.69. The monoisotopic (exact) mass is 185 g/mol. The lowest BCUT2D eigenvalue weighted by Crippen LogP contribution is -2.16. The molecule has 14 heavy (non-hydrogen) atoms. The van der Waals surface area contributed by atoms with Gasteiger partial charge in [0, 0.05) is 18.4 Å². The van der Waals surface area contributed by atoms with Crippen molar-refractivity contribution in [2.45, 2.75) is 12.8 Å². The van der Waals surface area contributed by atoms with E-state index < -0.39 is 0 Å². The minimum absolute atomic E-state index is 1.14. The first-order valence-corrected chi connectivity index (χ1v) is 5.02. The van der Waals surface area contributed by atoms with Crippen molar-refractivity contribution in [1.29, 1.82) is 0 Å². The molecule has 72 valence electrons. The maximum Gasteiger partial charge on any atom is 0.0405 e. The van der Waals surface area contributed by atoms with Gasteiger partial charge in [-0.3, -0.25) is 0 Å². The first-order valence-electron chi connectivity index (χ1n) is 5.02. The smallest absolute Gasteiger partial charge is 0.0405 e. The van der Waals surface area contributed by atoms with Crippen LogP contribution in [0, 0.1) is 0 Å². The Balaban J connectivity index is 2.19. The molecule has 0 unspecified atom stereocenters. The summed E-state index contributed by atoms with van der Waals surface area (Å²) in [6.45, 7) is 0. The molecular formula is C13H15N. The highest BCUT2D eigenvalue weighted by atomic mass is 15.1. The Morgan fingerprint density at radius 3 is 2.57 bits per heavy atom. The van der Waals surface area contributed by atoms with Crippen LogP contribution in [0.3, 0.4) is 0 Å². The van der Waals surface area contributed by atoms with Gasteiger partial charge in [0.25, 0.3) is 0 Å². The molecule has 1 aliphatic carbocycles. The molecule has 0 amide bonds. The molecular weight excluding hydrogens is 170 g/mol. The van der Waals surface area contributed by atoms with Gasteiger partial charge in [0.15, 0.2) is 0 Å². The van der Waals surface area contributed by atoms with Gasteiger partial charge in [0.05, 0.1) is 0 Å². The number of benzene rings is 1. The van der Waals surface area contributed by atoms with Crippen molar-refractivity contribution in [2.24, 2.45) is 0 Å². The van der Waals surface area contributed by atoms with Crippen molar-refractivity contribution in [3.8, 4) is 0 Å². The van der Waals surface area contributed by atoms with Gasteiger partial charge in [-0.15, -0.1) is 0 Å². The lowest BCUT2D eigenvalue weighted by Gasteiger charge is -2.23. The van der Waals surface area contributed by atoms with Crippen molar-refractivity contribution in [1.82, 2.24) is 0 Å². The molecule has 0 heterocycles. The molecule has 0 bridgehead atoms. The van der Waals surface area contributed by atoms with Gasteiger partial charge >= 0.3 is 0 Å². The molecule has 1 heteroatoms. The molecule has 0 saturated heterocycles. The number of nitrogens with zero attached hydrogens (tertiary/aromatic N) is 1. The summed E-state index contributed by atoms with van der Waals surface area (Å²) in [4.78, 5) is 2.25. The van der Waals surface area contributed by atoms with Crippen LogP contribution in [0.1, 0.15) is 12.8 Å².